The molecule has 0 unspecified atom stereocenters. The Kier molecular flexibility index (Phi) is 2.59. The van der Waals surface area contributed by atoms with Crippen molar-refractivity contribution in [2.45, 2.75) is 12.6 Å². The number of H-pyrrole nitrogens is 1. The minimum absolute atomic E-state index is 0.0855. The van der Waals surface area contributed by atoms with E-state index in [-0.39, 0.29) is 12.0 Å². The average Bonchev–Trinajstić information content (AvgIpc) is 2.67. The van der Waals surface area contributed by atoms with Gasteiger partial charge < -0.3 is 0 Å². The van der Waals surface area contributed by atoms with Crippen LogP contribution in [-0.4, -0.2) is 20.2 Å². The van der Waals surface area contributed by atoms with E-state index >= 15 is 0 Å². The second-order valence-corrected chi connectivity index (χ2v) is 3.19. The van der Waals surface area contributed by atoms with Gasteiger partial charge in [-0.15, -0.1) is 0 Å². The summed E-state index contributed by atoms with van der Waals surface area (Å²) in [5.74, 6) is 0. The molecule has 0 radical (unpaired) electrons. The fourth-order valence-corrected chi connectivity index (χ4v) is 1.33. The van der Waals surface area contributed by atoms with Gasteiger partial charge in [0.1, 0.15) is 12.0 Å². The summed E-state index contributed by atoms with van der Waals surface area (Å²) < 4.78 is 37.4. The summed E-state index contributed by atoms with van der Waals surface area (Å²) in [6.07, 6.45) is 1.12. The molecule has 0 atom stereocenters. The first kappa shape index (κ1) is 10.6. The number of nitrogens with one attached hydrogen (secondary N) is 1. The van der Waals surface area contributed by atoms with E-state index in [1.165, 1.54) is 18.7 Å². The highest BCUT2D eigenvalue weighted by Gasteiger charge is 2.35. The highest BCUT2D eigenvalue weighted by molar-refractivity contribution is 5.25. The molecule has 2 aromatic heterocycles. The monoisotopic (exact) mass is 228 g/mol. The summed E-state index contributed by atoms with van der Waals surface area (Å²) in [5.41, 5.74) is -0.131. The zero-order chi connectivity index (χ0) is 11.6. The van der Waals surface area contributed by atoms with E-state index in [4.69, 9.17) is 0 Å². The molecule has 0 amide bonds. The maximum absolute atomic E-state index is 12.5. The maximum atomic E-state index is 12.5. The van der Waals surface area contributed by atoms with Crippen molar-refractivity contribution in [3.05, 3.63) is 41.7 Å². The van der Waals surface area contributed by atoms with Gasteiger partial charge in [0.25, 0.3) is 0 Å². The van der Waals surface area contributed by atoms with Crippen LogP contribution in [0.25, 0.3) is 0 Å². The van der Waals surface area contributed by atoms with Crippen LogP contribution >= 0.6 is 0 Å². The van der Waals surface area contributed by atoms with Crippen molar-refractivity contribution in [1.82, 2.24) is 20.2 Å². The second-order valence-electron chi connectivity index (χ2n) is 3.19. The molecule has 0 aliphatic heterocycles. The van der Waals surface area contributed by atoms with Gasteiger partial charge in [-0.2, -0.15) is 18.3 Å². The molecule has 16 heavy (non-hydrogen) atoms. The number of hydrogen-bond donors (Lipinski definition) is 1. The van der Waals surface area contributed by atoms with Gasteiger partial charge >= 0.3 is 6.18 Å². The van der Waals surface area contributed by atoms with Crippen molar-refractivity contribution < 1.29 is 13.2 Å². The van der Waals surface area contributed by atoms with E-state index in [2.05, 4.69) is 15.1 Å². The number of aromatic amines is 1. The Bertz CT molecular complexity index is 463. The number of alkyl halides is 3. The lowest BCUT2D eigenvalue weighted by atomic mass is 10.1. The van der Waals surface area contributed by atoms with Crippen LogP contribution in [0.2, 0.25) is 0 Å². The van der Waals surface area contributed by atoms with Crippen LogP contribution in [0.3, 0.4) is 0 Å². The molecule has 0 spiro atoms. The Morgan fingerprint density at radius 3 is 2.44 bits per heavy atom. The van der Waals surface area contributed by atoms with Crippen LogP contribution in [0.4, 0.5) is 13.2 Å². The van der Waals surface area contributed by atoms with Crippen molar-refractivity contribution in [2.24, 2.45) is 0 Å². The van der Waals surface area contributed by atoms with Crippen LogP contribution < -0.4 is 0 Å². The Labute approximate surface area is 88.6 Å². The normalized spacial score (nSPS) is 11.7. The molecule has 0 saturated heterocycles. The van der Waals surface area contributed by atoms with E-state index in [9.17, 15) is 13.2 Å². The standard InChI is InChI=1S/C9H7F3N4/c10-9(11,12)8-7(4-15-16-8)1-6-2-13-5-14-3-6/h2-5H,1H2,(H,15,16). The fraction of sp³-hybridized carbons (Fsp3) is 0.222. The van der Waals surface area contributed by atoms with Crippen molar-refractivity contribution in [2.75, 3.05) is 0 Å². The van der Waals surface area contributed by atoms with Crippen molar-refractivity contribution in [3.8, 4) is 0 Å². The summed E-state index contributed by atoms with van der Waals surface area (Å²) in [6, 6.07) is 0. The van der Waals surface area contributed by atoms with Gasteiger partial charge in [-0.3, -0.25) is 5.10 Å². The molecular formula is C9H7F3N4. The molecule has 0 saturated carbocycles. The van der Waals surface area contributed by atoms with E-state index in [1.54, 1.807) is 0 Å². The van der Waals surface area contributed by atoms with Crippen LogP contribution in [0, 0.1) is 0 Å². The Hall–Kier alpha value is -1.92. The number of aromatic nitrogens is 4. The SMILES string of the molecule is FC(F)(F)c1[nH]ncc1Cc1cncnc1. The summed E-state index contributed by atoms with van der Waals surface area (Å²) in [6.45, 7) is 0. The molecule has 2 rings (SSSR count). The Morgan fingerprint density at radius 1 is 1.12 bits per heavy atom. The molecule has 0 aliphatic rings. The van der Waals surface area contributed by atoms with Crippen molar-refractivity contribution in [1.29, 1.82) is 0 Å². The lowest BCUT2D eigenvalue weighted by Crippen LogP contribution is -2.09. The smallest absolute Gasteiger partial charge is 0.273 e. The minimum Gasteiger partial charge on any atom is -0.273 e. The average molecular weight is 228 g/mol. The maximum Gasteiger partial charge on any atom is 0.433 e. The molecule has 1 N–H and O–H groups in total. The molecule has 2 heterocycles. The molecule has 7 heteroatoms. The first-order valence-electron chi connectivity index (χ1n) is 4.40. The summed E-state index contributed by atoms with van der Waals surface area (Å²) in [4.78, 5) is 7.47. The molecule has 0 fully saturated rings. The van der Waals surface area contributed by atoms with Gasteiger partial charge in [0.2, 0.25) is 0 Å². The first-order valence-corrected chi connectivity index (χ1v) is 4.40. The van der Waals surface area contributed by atoms with Crippen LogP contribution in [0.5, 0.6) is 0 Å². The number of nitrogens with zero attached hydrogens (tertiary/aromatic N) is 3. The fourth-order valence-electron chi connectivity index (χ4n) is 1.33. The van der Waals surface area contributed by atoms with Crippen LogP contribution in [0.15, 0.2) is 24.9 Å². The second kappa shape index (κ2) is 3.92. The number of rotatable bonds is 2. The first-order chi connectivity index (χ1) is 7.57. The zero-order valence-corrected chi connectivity index (χ0v) is 7.99. The van der Waals surface area contributed by atoms with Gasteiger partial charge in [-0.1, -0.05) is 0 Å². The van der Waals surface area contributed by atoms with Gasteiger partial charge in [0.05, 0.1) is 6.20 Å². The Balaban J connectivity index is 2.26. The molecule has 4 nitrogen and oxygen atoms in total. The number of halogens is 3. The van der Waals surface area contributed by atoms with Crippen LogP contribution in [-0.2, 0) is 12.6 Å². The summed E-state index contributed by atoms with van der Waals surface area (Å²) in [7, 11) is 0. The Morgan fingerprint density at radius 2 is 1.81 bits per heavy atom. The third-order valence-corrected chi connectivity index (χ3v) is 2.01. The van der Waals surface area contributed by atoms with Crippen molar-refractivity contribution >= 4 is 0 Å². The highest BCUT2D eigenvalue weighted by Crippen LogP contribution is 2.30. The van der Waals surface area contributed by atoms with E-state index in [0.717, 1.165) is 6.20 Å². The van der Waals surface area contributed by atoms with Gasteiger partial charge in [-0.05, 0) is 5.56 Å². The lowest BCUT2D eigenvalue weighted by Gasteiger charge is -2.06. The molecule has 2 aromatic rings. The van der Waals surface area contributed by atoms with Gasteiger partial charge in [-0.25, -0.2) is 9.97 Å². The van der Waals surface area contributed by atoms with Gasteiger partial charge in [0.15, 0.2) is 0 Å². The minimum atomic E-state index is -4.42. The van der Waals surface area contributed by atoms with E-state index in [0.29, 0.717) is 5.56 Å². The molecule has 0 aliphatic carbocycles. The van der Waals surface area contributed by atoms with E-state index < -0.39 is 11.9 Å². The molecule has 0 bridgehead atoms. The molecule has 84 valence electrons. The predicted octanol–water partition coefficient (Wildman–Crippen LogP) is 1.81. The van der Waals surface area contributed by atoms with Crippen molar-refractivity contribution in [3.63, 3.8) is 0 Å². The summed E-state index contributed by atoms with van der Waals surface area (Å²) >= 11 is 0. The third kappa shape index (κ3) is 2.18. The van der Waals surface area contributed by atoms with Crippen LogP contribution in [0.1, 0.15) is 16.8 Å². The quantitative estimate of drug-likeness (QED) is 0.852. The third-order valence-electron chi connectivity index (χ3n) is 2.01. The number of hydrogen-bond acceptors (Lipinski definition) is 3. The zero-order valence-electron chi connectivity index (χ0n) is 7.99. The highest BCUT2D eigenvalue weighted by atomic mass is 19.4. The molecular weight excluding hydrogens is 221 g/mol. The van der Waals surface area contributed by atoms with E-state index in [1.807, 2.05) is 5.10 Å². The topological polar surface area (TPSA) is 54.5 Å². The van der Waals surface area contributed by atoms with Gasteiger partial charge in [0, 0.05) is 24.4 Å². The largest absolute Gasteiger partial charge is 0.433 e. The molecule has 0 aromatic carbocycles. The lowest BCUT2D eigenvalue weighted by molar-refractivity contribution is -0.141. The summed E-state index contributed by atoms with van der Waals surface area (Å²) in [5, 5.41) is 5.35. The predicted molar refractivity (Wildman–Crippen MR) is 48.4 cm³/mol.